The minimum Gasteiger partial charge on any atom is -0.495 e. The molecule has 0 aliphatic rings. The summed E-state index contributed by atoms with van der Waals surface area (Å²) in [4.78, 5) is 11.5. The van der Waals surface area contributed by atoms with Gasteiger partial charge in [-0.15, -0.1) is 0 Å². The molecule has 94 valence electrons. The van der Waals surface area contributed by atoms with Crippen LogP contribution in [0.5, 0.6) is 5.75 Å². The van der Waals surface area contributed by atoms with E-state index in [0.29, 0.717) is 23.7 Å². The third-order valence-corrected chi connectivity index (χ3v) is 2.29. The second-order valence-electron chi connectivity index (χ2n) is 3.69. The Balaban J connectivity index is 2.60. The molecular weight excluding hydrogens is 218 g/mol. The fourth-order valence-corrected chi connectivity index (χ4v) is 1.37. The number of anilines is 2. The zero-order chi connectivity index (χ0) is 12.7. The van der Waals surface area contributed by atoms with Crippen LogP contribution in [-0.4, -0.2) is 19.7 Å². The normalized spacial score (nSPS) is 9.76. The lowest BCUT2D eigenvalue weighted by atomic mass is 10.2. The summed E-state index contributed by atoms with van der Waals surface area (Å²) in [5.74, 6) is 0.588. The maximum atomic E-state index is 11.5. The number of carbonyl (C=O) groups excluding carboxylic acids is 1. The average molecular weight is 237 g/mol. The van der Waals surface area contributed by atoms with Crippen molar-refractivity contribution in [1.29, 1.82) is 0 Å². The van der Waals surface area contributed by atoms with Crippen LogP contribution in [0.15, 0.2) is 18.2 Å². The van der Waals surface area contributed by atoms with Crippen molar-refractivity contribution in [2.24, 2.45) is 0 Å². The monoisotopic (exact) mass is 237 g/mol. The number of methoxy groups -OCH3 is 1. The summed E-state index contributed by atoms with van der Waals surface area (Å²) < 4.78 is 5.13. The van der Waals surface area contributed by atoms with Crippen molar-refractivity contribution in [3.05, 3.63) is 18.2 Å². The molecule has 0 aromatic heterocycles. The summed E-state index contributed by atoms with van der Waals surface area (Å²) in [7, 11) is 1.55. The largest absolute Gasteiger partial charge is 0.495 e. The molecule has 0 atom stereocenters. The van der Waals surface area contributed by atoms with Gasteiger partial charge in [-0.1, -0.05) is 13.3 Å². The van der Waals surface area contributed by atoms with Crippen molar-refractivity contribution >= 4 is 17.4 Å². The lowest BCUT2D eigenvalue weighted by Crippen LogP contribution is -2.29. The van der Waals surface area contributed by atoms with Crippen LogP contribution in [0.1, 0.15) is 19.8 Å². The van der Waals surface area contributed by atoms with E-state index in [1.165, 1.54) is 0 Å². The van der Waals surface area contributed by atoms with E-state index in [9.17, 15) is 4.79 Å². The summed E-state index contributed by atoms with van der Waals surface area (Å²) in [5, 5.41) is 5.46. The van der Waals surface area contributed by atoms with E-state index in [0.717, 1.165) is 12.8 Å². The predicted molar refractivity (Wildman–Crippen MR) is 69.3 cm³/mol. The molecule has 0 heterocycles. The van der Waals surface area contributed by atoms with E-state index in [1.807, 2.05) is 0 Å². The number of hydrogen-bond acceptors (Lipinski definition) is 3. The van der Waals surface area contributed by atoms with Gasteiger partial charge < -0.3 is 21.1 Å². The van der Waals surface area contributed by atoms with Crippen LogP contribution in [0, 0.1) is 0 Å². The number of nitrogens with two attached hydrogens (primary N) is 1. The highest BCUT2D eigenvalue weighted by Gasteiger charge is 2.06. The van der Waals surface area contributed by atoms with Crippen LogP contribution >= 0.6 is 0 Å². The first kappa shape index (κ1) is 13.2. The number of rotatable bonds is 5. The molecule has 1 rings (SSSR count). The number of amides is 2. The fourth-order valence-electron chi connectivity index (χ4n) is 1.37. The van der Waals surface area contributed by atoms with Gasteiger partial charge in [-0.25, -0.2) is 4.79 Å². The molecule has 4 N–H and O–H groups in total. The summed E-state index contributed by atoms with van der Waals surface area (Å²) >= 11 is 0. The fraction of sp³-hybridized carbons (Fsp3) is 0.417. The first-order valence-electron chi connectivity index (χ1n) is 5.65. The number of unbranched alkanes of at least 4 members (excludes halogenated alkanes) is 1. The summed E-state index contributed by atoms with van der Waals surface area (Å²) in [6.07, 6.45) is 2.00. The van der Waals surface area contributed by atoms with Crippen LogP contribution in [0.25, 0.3) is 0 Å². The number of carbonyl (C=O) groups is 1. The molecular formula is C12H19N3O2. The number of urea groups is 1. The molecule has 0 bridgehead atoms. The molecule has 5 nitrogen and oxygen atoms in total. The zero-order valence-corrected chi connectivity index (χ0v) is 10.2. The van der Waals surface area contributed by atoms with Gasteiger partial charge >= 0.3 is 6.03 Å². The minimum atomic E-state index is -0.248. The molecule has 0 saturated heterocycles. The molecule has 0 radical (unpaired) electrons. The standard InChI is InChI=1S/C12H19N3O2/c1-3-4-7-14-12(16)15-10-8-9(13)5-6-11(10)17-2/h5-6,8H,3-4,7,13H2,1-2H3,(H2,14,15,16). The number of benzene rings is 1. The maximum absolute atomic E-state index is 11.5. The molecule has 5 heteroatoms. The number of ether oxygens (including phenoxy) is 1. The van der Waals surface area contributed by atoms with Crippen LogP contribution in [0.2, 0.25) is 0 Å². The highest BCUT2D eigenvalue weighted by atomic mass is 16.5. The van der Waals surface area contributed by atoms with E-state index in [2.05, 4.69) is 17.6 Å². The van der Waals surface area contributed by atoms with Crippen molar-refractivity contribution in [2.45, 2.75) is 19.8 Å². The molecule has 0 aliphatic carbocycles. The summed E-state index contributed by atoms with van der Waals surface area (Å²) in [5.41, 5.74) is 6.80. The van der Waals surface area contributed by atoms with Gasteiger partial charge in [0.1, 0.15) is 5.75 Å². The summed E-state index contributed by atoms with van der Waals surface area (Å²) in [6.45, 7) is 2.73. The van der Waals surface area contributed by atoms with Crippen LogP contribution in [0.4, 0.5) is 16.2 Å². The van der Waals surface area contributed by atoms with Gasteiger partial charge in [-0.2, -0.15) is 0 Å². The number of nitrogens with one attached hydrogen (secondary N) is 2. The first-order chi connectivity index (χ1) is 8.17. The Labute approximate surface area is 101 Å². The molecule has 0 saturated carbocycles. The van der Waals surface area contributed by atoms with Gasteiger partial charge in [0, 0.05) is 12.2 Å². The number of nitrogen functional groups attached to an aromatic ring is 1. The Morgan fingerprint density at radius 1 is 1.47 bits per heavy atom. The predicted octanol–water partition coefficient (Wildman–Crippen LogP) is 2.20. The van der Waals surface area contributed by atoms with Crippen LogP contribution in [0.3, 0.4) is 0 Å². The highest BCUT2D eigenvalue weighted by molar-refractivity contribution is 5.91. The second kappa shape index (κ2) is 6.62. The third kappa shape index (κ3) is 4.22. The van der Waals surface area contributed by atoms with Crippen molar-refractivity contribution in [3.8, 4) is 5.75 Å². The minimum absolute atomic E-state index is 0.248. The van der Waals surface area contributed by atoms with Gasteiger partial charge in [-0.3, -0.25) is 0 Å². The molecule has 0 unspecified atom stereocenters. The van der Waals surface area contributed by atoms with Gasteiger partial charge in [0.2, 0.25) is 0 Å². The SMILES string of the molecule is CCCCNC(=O)Nc1cc(N)ccc1OC. The molecule has 2 amide bonds. The lowest BCUT2D eigenvalue weighted by molar-refractivity contribution is 0.252. The third-order valence-electron chi connectivity index (χ3n) is 2.29. The molecule has 0 spiro atoms. The molecule has 1 aromatic rings. The van der Waals surface area contributed by atoms with E-state index in [-0.39, 0.29) is 6.03 Å². The smallest absolute Gasteiger partial charge is 0.319 e. The van der Waals surface area contributed by atoms with Gasteiger partial charge in [0.05, 0.1) is 12.8 Å². The van der Waals surface area contributed by atoms with Crippen molar-refractivity contribution < 1.29 is 9.53 Å². The quantitative estimate of drug-likeness (QED) is 0.542. The van der Waals surface area contributed by atoms with Gasteiger partial charge in [-0.05, 0) is 24.6 Å². The maximum Gasteiger partial charge on any atom is 0.319 e. The van der Waals surface area contributed by atoms with E-state index in [1.54, 1.807) is 25.3 Å². The molecule has 0 fully saturated rings. The first-order valence-corrected chi connectivity index (χ1v) is 5.65. The zero-order valence-electron chi connectivity index (χ0n) is 10.2. The number of hydrogen-bond donors (Lipinski definition) is 3. The Bertz CT molecular complexity index is 380. The average Bonchev–Trinajstić information content (AvgIpc) is 2.29. The topological polar surface area (TPSA) is 76.4 Å². The Kier molecular flexibility index (Phi) is 5.13. The van der Waals surface area contributed by atoms with E-state index < -0.39 is 0 Å². The van der Waals surface area contributed by atoms with Gasteiger partial charge in [0.25, 0.3) is 0 Å². The highest BCUT2D eigenvalue weighted by Crippen LogP contribution is 2.26. The Morgan fingerprint density at radius 3 is 2.88 bits per heavy atom. The second-order valence-corrected chi connectivity index (χ2v) is 3.69. The summed E-state index contributed by atoms with van der Waals surface area (Å²) in [6, 6.07) is 4.86. The molecule has 0 aliphatic heterocycles. The van der Waals surface area contributed by atoms with Crippen molar-refractivity contribution in [1.82, 2.24) is 5.32 Å². The van der Waals surface area contributed by atoms with E-state index in [4.69, 9.17) is 10.5 Å². The van der Waals surface area contributed by atoms with Gasteiger partial charge in [0.15, 0.2) is 0 Å². The molecule has 17 heavy (non-hydrogen) atoms. The molecule has 1 aromatic carbocycles. The Hall–Kier alpha value is -1.91. The van der Waals surface area contributed by atoms with Crippen molar-refractivity contribution in [2.75, 3.05) is 24.7 Å². The van der Waals surface area contributed by atoms with Crippen LogP contribution in [-0.2, 0) is 0 Å². The van der Waals surface area contributed by atoms with Crippen molar-refractivity contribution in [3.63, 3.8) is 0 Å². The Morgan fingerprint density at radius 2 is 2.24 bits per heavy atom. The van der Waals surface area contributed by atoms with E-state index >= 15 is 0 Å². The van der Waals surface area contributed by atoms with Crippen LogP contribution < -0.4 is 21.1 Å². The lowest BCUT2D eigenvalue weighted by Gasteiger charge is -2.11.